The van der Waals surface area contributed by atoms with E-state index in [4.69, 9.17) is 0 Å². The average molecular weight is 294 g/mol. The van der Waals surface area contributed by atoms with E-state index in [0.717, 1.165) is 11.3 Å². The molecule has 112 valence electrons. The fourth-order valence-electron chi connectivity index (χ4n) is 1.81. The molecule has 9 nitrogen and oxygen atoms in total. The molecule has 0 unspecified atom stereocenters. The maximum Gasteiger partial charge on any atom is 0.334 e. The summed E-state index contributed by atoms with van der Waals surface area (Å²) in [6, 6.07) is 0.637. The molecule has 5 amide bonds. The van der Waals surface area contributed by atoms with E-state index in [1.807, 2.05) is 6.92 Å². The summed E-state index contributed by atoms with van der Waals surface area (Å²) in [5.41, 5.74) is 0. The Morgan fingerprint density at radius 2 is 2.00 bits per heavy atom. The largest absolute Gasteiger partial charge is 0.363 e. The number of unbranched alkanes of at least 4 members (excludes halogenated alkanes) is 1. The number of amides is 5. The number of aromatic nitrogens is 1. The van der Waals surface area contributed by atoms with Crippen LogP contribution in [0.5, 0.6) is 0 Å². The zero-order valence-corrected chi connectivity index (χ0v) is 11.4. The van der Waals surface area contributed by atoms with E-state index in [0.29, 0.717) is 11.3 Å². The van der Waals surface area contributed by atoms with Gasteiger partial charge in [-0.1, -0.05) is 18.5 Å². The van der Waals surface area contributed by atoms with E-state index in [9.17, 15) is 19.2 Å². The van der Waals surface area contributed by atoms with Gasteiger partial charge in [0.2, 0.25) is 5.91 Å². The molecule has 21 heavy (non-hydrogen) atoms. The lowest BCUT2D eigenvalue weighted by Crippen LogP contribution is -2.39. The Kier molecular flexibility index (Phi) is 4.31. The van der Waals surface area contributed by atoms with Gasteiger partial charge in [-0.15, -0.1) is 0 Å². The van der Waals surface area contributed by atoms with Crippen molar-refractivity contribution in [1.29, 1.82) is 0 Å². The van der Waals surface area contributed by atoms with Crippen LogP contribution in [0.15, 0.2) is 16.9 Å². The Morgan fingerprint density at radius 1 is 1.29 bits per heavy atom. The molecular weight excluding hydrogens is 280 g/mol. The number of anilines is 1. The van der Waals surface area contributed by atoms with Gasteiger partial charge in [-0.05, 0) is 6.42 Å². The molecule has 2 heterocycles. The van der Waals surface area contributed by atoms with Gasteiger partial charge in [0.05, 0.1) is 0 Å². The van der Waals surface area contributed by atoms with Crippen LogP contribution in [0.4, 0.5) is 10.6 Å². The smallest absolute Gasteiger partial charge is 0.334 e. The lowest BCUT2D eigenvalue weighted by molar-refractivity contribution is -0.143. The minimum Gasteiger partial charge on any atom is -0.363 e. The van der Waals surface area contributed by atoms with Crippen LogP contribution in [-0.2, 0) is 14.4 Å². The molecule has 0 radical (unpaired) electrons. The lowest BCUT2D eigenvalue weighted by Gasteiger charge is -2.14. The van der Waals surface area contributed by atoms with Crippen LogP contribution in [-0.4, -0.2) is 51.8 Å². The summed E-state index contributed by atoms with van der Waals surface area (Å²) in [5.74, 6) is -2.38. The van der Waals surface area contributed by atoms with Crippen molar-refractivity contribution in [3.05, 3.63) is 12.3 Å². The summed E-state index contributed by atoms with van der Waals surface area (Å²) in [7, 11) is 0. The summed E-state index contributed by atoms with van der Waals surface area (Å²) >= 11 is 0. The second-order valence-corrected chi connectivity index (χ2v) is 4.42. The van der Waals surface area contributed by atoms with Crippen LogP contribution in [0, 0.1) is 0 Å². The summed E-state index contributed by atoms with van der Waals surface area (Å²) in [5, 5.41) is 5.81. The predicted octanol–water partition coefficient (Wildman–Crippen LogP) is 0.204. The molecule has 1 aromatic heterocycles. The van der Waals surface area contributed by atoms with Gasteiger partial charge < -0.3 is 9.84 Å². The normalized spacial score (nSPS) is 15.0. The number of urea groups is 1. The first-order valence-corrected chi connectivity index (χ1v) is 6.42. The van der Waals surface area contributed by atoms with Crippen molar-refractivity contribution < 1.29 is 23.7 Å². The fraction of sp³-hybridized carbons (Fsp3) is 0.417. The summed E-state index contributed by atoms with van der Waals surface area (Å²) in [6.45, 7) is 1.52. The Hall–Kier alpha value is -2.71. The topological polar surface area (TPSA) is 113 Å². The summed E-state index contributed by atoms with van der Waals surface area (Å²) < 4.78 is 4.53. The van der Waals surface area contributed by atoms with Gasteiger partial charge in [-0.3, -0.25) is 19.3 Å². The predicted molar refractivity (Wildman–Crippen MR) is 68.9 cm³/mol. The van der Waals surface area contributed by atoms with Gasteiger partial charge in [0.25, 0.3) is 0 Å². The number of hydrogen-bond donors (Lipinski definition) is 1. The van der Waals surface area contributed by atoms with Gasteiger partial charge in [-0.25, -0.2) is 9.69 Å². The minimum absolute atomic E-state index is 0.160. The van der Waals surface area contributed by atoms with Crippen molar-refractivity contribution in [1.82, 2.24) is 15.0 Å². The molecule has 9 heteroatoms. The number of nitrogens with zero attached hydrogens (tertiary/aromatic N) is 3. The molecule has 0 aromatic carbocycles. The van der Waals surface area contributed by atoms with Crippen LogP contribution in [0.2, 0.25) is 0 Å². The molecular formula is C12H14N4O5. The first kappa shape index (κ1) is 14.7. The molecule has 0 bridgehead atoms. The molecule has 1 fully saturated rings. The van der Waals surface area contributed by atoms with Crippen molar-refractivity contribution >= 4 is 29.6 Å². The number of nitrogens with one attached hydrogen (secondary N) is 1. The lowest BCUT2D eigenvalue weighted by atomic mass is 10.3. The minimum atomic E-state index is -0.994. The molecule has 1 N–H and O–H groups in total. The number of rotatable bonds is 6. The highest BCUT2D eigenvalue weighted by Crippen LogP contribution is 2.13. The Balaban J connectivity index is 1.99. The van der Waals surface area contributed by atoms with Crippen LogP contribution in [0.3, 0.4) is 0 Å². The molecule has 0 atom stereocenters. The Labute approximate surface area is 119 Å². The number of carbonyl (C=O) groups excluding carboxylic acids is 4. The molecule has 0 spiro atoms. The van der Waals surface area contributed by atoms with E-state index in [-0.39, 0.29) is 12.4 Å². The molecule has 1 aliphatic rings. The average Bonchev–Trinajstić information content (AvgIpc) is 3.02. The van der Waals surface area contributed by atoms with Crippen LogP contribution < -0.4 is 5.32 Å². The van der Waals surface area contributed by atoms with Crippen molar-refractivity contribution in [3.8, 4) is 0 Å². The first-order chi connectivity index (χ1) is 10.0. The van der Waals surface area contributed by atoms with E-state index in [1.54, 1.807) is 0 Å². The fourth-order valence-corrected chi connectivity index (χ4v) is 1.81. The van der Waals surface area contributed by atoms with E-state index in [2.05, 4.69) is 15.0 Å². The third kappa shape index (κ3) is 3.07. The standard InChI is InChI=1S/C12H14N4O5/c1-2-3-5-15-10(18)11(19)16(12(15)20)7-9(17)13-8-4-6-21-14-8/h4,6H,2-3,5,7H2,1H3,(H,13,14,17). The van der Waals surface area contributed by atoms with Crippen molar-refractivity contribution in [2.45, 2.75) is 19.8 Å². The second kappa shape index (κ2) is 6.16. The Bertz CT molecular complexity index is 568. The van der Waals surface area contributed by atoms with E-state index < -0.39 is 30.3 Å². The van der Waals surface area contributed by atoms with E-state index >= 15 is 0 Å². The molecule has 1 aliphatic heterocycles. The Morgan fingerprint density at radius 3 is 2.62 bits per heavy atom. The third-order valence-electron chi connectivity index (χ3n) is 2.88. The van der Waals surface area contributed by atoms with Crippen molar-refractivity contribution in [2.24, 2.45) is 0 Å². The zero-order chi connectivity index (χ0) is 15.4. The molecule has 0 saturated carbocycles. The number of hydrogen-bond acceptors (Lipinski definition) is 6. The monoisotopic (exact) mass is 294 g/mol. The zero-order valence-electron chi connectivity index (χ0n) is 11.4. The van der Waals surface area contributed by atoms with Crippen molar-refractivity contribution in [2.75, 3.05) is 18.4 Å². The van der Waals surface area contributed by atoms with Crippen molar-refractivity contribution in [3.63, 3.8) is 0 Å². The highest BCUT2D eigenvalue weighted by Gasteiger charge is 2.44. The van der Waals surface area contributed by atoms with Crippen LogP contribution in [0.1, 0.15) is 19.8 Å². The maximum absolute atomic E-state index is 12.0. The highest BCUT2D eigenvalue weighted by atomic mass is 16.5. The summed E-state index contributed by atoms with van der Waals surface area (Å²) in [6.07, 6.45) is 2.64. The van der Waals surface area contributed by atoms with Crippen LogP contribution in [0.25, 0.3) is 0 Å². The second-order valence-electron chi connectivity index (χ2n) is 4.42. The molecule has 1 aromatic rings. The van der Waals surface area contributed by atoms with Crippen LogP contribution >= 0.6 is 0 Å². The molecule has 1 saturated heterocycles. The number of carbonyl (C=O) groups is 4. The first-order valence-electron chi connectivity index (χ1n) is 6.42. The molecule has 0 aliphatic carbocycles. The van der Waals surface area contributed by atoms with Gasteiger partial charge >= 0.3 is 17.8 Å². The van der Waals surface area contributed by atoms with Gasteiger partial charge in [0.15, 0.2) is 5.82 Å². The van der Waals surface area contributed by atoms with Gasteiger partial charge in [0.1, 0.15) is 12.8 Å². The quantitative estimate of drug-likeness (QED) is 0.592. The third-order valence-corrected chi connectivity index (χ3v) is 2.88. The van der Waals surface area contributed by atoms with Gasteiger partial charge in [0, 0.05) is 12.6 Å². The summed E-state index contributed by atoms with van der Waals surface area (Å²) in [4.78, 5) is 48.6. The van der Waals surface area contributed by atoms with E-state index in [1.165, 1.54) is 12.3 Å². The number of imide groups is 2. The maximum atomic E-state index is 12.0. The highest BCUT2D eigenvalue weighted by molar-refractivity contribution is 6.45. The molecule has 2 rings (SSSR count). The SMILES string of the molecule is CCCCN1C(=O)C(=O)N(CC(=O)Nc2ccon2)C1=O. The van der Waals surface area contributed by atoms with Gasteiger partial charge in [-0.2, -0.15) is 0 Å².